The van der Waals surface area contributed by atoms with Gasteiger partial charge in [-0.15, -0.1) is 0 Å². The molecule has 0 saturated heterocycles. The lowest BCUT2D eigenvalue weighted by Gasteiger charge is -2.04. The number of nitrogen functional groups attached to an aromatic ring is 1. The average molecular weight is 208 g/mol. The summed E-state index contributed by atoms with van der Waals surface area (Å²) in [7, 11) is 0. The van der Waals surface area contributed by atoms with Crippen molar-refractivity contribution in [1.29, 1.82) is 5.26 Å². The third-order valence-electron chi connectivity index (χ3n) is 2.47. The van der Waals surface area contributed by atoms with Gasteiger partial charge < -0.3 is 5.73 Å². The molecule has 0 radical (unpaired) electrons. The summed E-state index contributed by atoms with van der Waals surface area (Å²) in [6.45, 7) is 2.05. The number of benzene rings is 2. The molecule has 2 heteroatoms. The molecule has 0 atom stereocenters. The van der Waals surface area contributed by atoms with Gasteiger partial charge in [0, 0.05) is 5.69 Å². The van der Waals surface area contributed by atoms with E-state index in [-0.39, 0.29) is 0 Å². The van der Waals surface area contributed by atoms with Crippen molar-refractivity contribution in [3.05, 3.63) is 53.6 Å². The number of nitrogens with two attached hydrogens (primary N) is 1. The molecule has 0 amide bonds. The highest BCUT2D eigenvalue weighted by molar-refractivity contribution is 5.69. The number of aryl methyl sites for hydroxylation is 1. The summed E-state index contributed by atoms with van der Waals surface area (Å²) in [5.41, 5.74) is 10.2. The summed E-state index contributed by atoms with van der Waals surface area (Å²) in [6.07, 6.45) is 0. The maximum Gasteiger partial charge on any atom is 0.0992 e. The van der Waals surface area contributed by atoms with E-state index in [1.165, 1.54) is 5.56 Å². The van der Waals surface area contributed by atoms with E-state index in [1.54, 1.807) is 6.07 Å². The number of rotatable bonds is 1. The van der Waals surface area contributed by atoms with Crippen LogP contribution in [0.3, 0.4) is 0 Å². The molecule has 16 heavy (non-hydrogen) atoms. The van der Waals surface area contributed by atoms with Crippen LogP contribution >= 0.6 is 0 Å². The van der Waals surface area contributed by atoms with Gasteiger partial charge in [-0.1, -0.05) is 29.8 Å². The van der Waals surface area contributed by atoms with Gasteiger partial charge in [0.15, 0.2) is 0 Å². The number of anilines is 1. The van der Waals surface area contributed by atoms with E-state index >= 15 is 0 Å². The quantitative estimate of drug-likeness (QED) is 0.732. The molecule has 2 rings (SSSR count). The highest BCUT2D eigenvalue weighted by Crippen LogP contribution is 2.23. The van der Waals surface area contributed by atoms with Crippen molar-refractivity contribution < 1.29 is 0 Å². The fraction of sp³-hybridized carbons (Fsp3) is 0.0714. The highest BCUT2D eigenvalue weighted by Gasteiger charge is 2.01. The molecule has 2 N–H and O–H groups in total. The minimum absolute atomic E-state index is 0.593. The predicted molar refractivity (Wildman–Crippen MR) is 65.7 cm³/mol. The predicted octanol–water partition coefficient (Wildman–Crippen LogP) is 3.12. The van der Waals surface area contributed by atoms with E-state index in [4.69, 9.17) is 11.0 Å². The summed E-state index contributed by atoms with van der Waals surface area (Å²) >= 11 is 0. The molecular weight excluding hydrogens is 196 g/mol. The van der Waals surface area contributed by atoms with Crippen molar-refractivity contribution in [1.82, 2.24) is 0 Å². The Hall–Kier alpha value is -2.27. The summed E-state index contributed by atoms with van der Waals surface area (Å²) in [6, 6.07) is 15.7. The molecule has 0 spiro atoms. The van der Waals surface area contributed by atoms with Gasteiger partial charge in [-0.3, -0.25) is 0 Å². The number of nitrogens with zero attached hydrogens (tertiary/aromatic N) is 1. The SMILES string of the molecule is Cc1ccc(-c2cc(N)cc(C#N)c2)cc1. The van der Waals surface area contributed by atoms with Gasteiger partial charge in [0.25, 0.3) is 0 Å². The van der Waals surface area contributed by atoms with Crippen molar-refractivity contribution in [3.8, 4) is 17.2 Å². The maximum absolute atomic E-state index is 8.87. The summed E-state index contributed by atoms with van der Waals surface area (Å²) in [4.78, 5) is 0. The standard InChI is InChI=1S/C14H12N2/c1-10-2-4-12(5-3-10)13-6-11(9-15)7-14(16)8-13/h2-8H,16H2,1H3. The summed E-state index contributed by atoms with van der Waals surface area (Å²) in [5, 5.41) is 8.87. The van der Waals surface area contributed by atoms with Gasteiger partial charge in [0.05, 0.1) is 11.6 Å². The largest absolute Gasteiger partial charge is 0.399 e. The molecule has 0 fully saturated rings. The van der Waals surface area contributed by atoms with Crippen LogP contribution in [0.1, 0.15) is 11.1 Å². The van der Waals surface area contributed by atoms with E-state index in [0.29, 0.717) is 11.3 Å². The van der Waals surface area contributed by atoms with Crippen LogP contribution < -0.4 is 5.73 Å². The number of hydrogen-bond donors (Lipinski definition) is 1. The highest BCUT2D eigenvalue weighted by atomic mass is 14.5. The van der Waals surface area contributed by atoms with Crippen molar-refractivity contribution in [2.45, 2.75) is 6.92 Å². The third-order valence-corrected chi connectivity index (χ3v) is 2.47. The van der Waals surface area contributed by atoms with E-state index in [2.05, 4.69) is 6.07 Å². The zero-order valence-corrected chi connectivity index (χ0v) is 9.07. The van der Waals surface area contributed by atoms with E-state index in [0.717, 1.165) is 11.1 Å². The molecule has 2 aromatic rings. The van der Waals surface area contributed by atoms with Crippen LogP contribution in [0.2, 0.25) is 0 Å². The molecule has 0 aliphatic heterocycles. The van der Waals surface area contributed by atoms with Crippen LogP contribution in [0.25, 0.3) is 11.1 Å². The number of nitriles is 1. The Morgan fingerprint density at radius 3 is 2.31 bits per heavy atom. The van der Waals surface area contributed by atoms with Crippen molar-refractivity contribution >= 4 is 5.69 Å². The second-order valence-electron chi connectivity index (χ2n) is 3.82. The lowest BCUT2D eigenvalue weighted by Crippen LogP contribution is -1.88. The molecule has 2 nitrogen and oxygen atoms in total. The minimum Gasteiger partial charge on any atom is -0.399 e. The van der Waals surface area contributed by atoms with Crippen molar-refractivity contribution in [2.24, 2.45) is 0 Å². The Morgan fingerprint density at radius 1 is 1.00 bits per heavy atom. The monoisotopic (exact) mass is 208 g/mol. The van der Waals surface area contributed by atoms with Crippen LogP contribution in [0.15, 0.2) is 42.5 Å². The first kappa shape index (κ1) is 10.3. The van der Waals surface area contributed by atoms with Crippen LogP contribution in [-0.2, 0) is 0 Å². The van der Waals surface area contributed by atoms with Crippen LogP contribution in [0.5, 0.6) is 0 Å². The first-order valence-corrected chi connectivity index (χ1v) is 5.07. The normalized spacial score (nSPS) is 9.75. The molecule has 78 valence electrons. The second-order valence-corrected chi connectivity index (χ2v) is 3.82. The van der Waals surface area contributed by atoms with E-state index in [1.807, 2.05) is 43.3 Å². The topological polar surface area (TPSA) is 49.8 Å². The molecule has 0 saturated carbocycles. The molecular formula is C14H12N2. The van der Waals surface area contributed by atoms with Gasteiger partial charge in [-0.2, -0.15) is 5.26 Å². The summed E-state index contributed by atoms with van der Waals surface area (Å²) < 4.78 is 0. The Morgan fingerprint density at radius 2 is 1.69 bits per heavy atom. The smallest absolute Gasteiger partial charge is 0.0992 e. The fourth-order valence-corrected chi connectivity index (χ4v) is 1.63. The number of hydrogen-bond acceptors (Lipinski definition) is 2. The van der Waals surface area contributed by atoms with Crippen LogP contribution in [-0.4, -0.2) is 0 Å². The Balaban J connectivity index is 2.52. The molecule has 0 aliphatic carbocycles. The first-order valence-electron chi connectivity index (χ1n) is 5.07. The molecule has 0 bridgehead atoms. The molecule has 0 aliphatic rings. The minimum atomic E-state index is 0.593. The first-order chi connectivity index (χ1) is 7.69. The average Bonchev–Trinajstić information content (AvgIpc) is 2.29. The Kier molecular flexibility index (Phi) is 2.61. The van der Waals surface area contributed by atoms with Crippen LogP contribution in [0, 0.1) is 18.3 Å². The van der Waals surface area contributed by atoms with Gasteiger partial charge in [-0.05, 0) is 36.2 Å². The third kappa shape index (κ3) is 2.04. The van der Waals surface area contributed by atoms with Gasteiger partial charge in [0.1, 0.15) is 0 Å². The van der Waals surface area contributed by atoms with Gasteiger partial charge in [-0.25, -0.2) is 0 Å². The van der Waals surface area contributed by atoms with Crippen molar-refractivity contribution in [3.63, 3.8) is 0 Å². The fourth-order valence-electron chi connectivity index (χ4n) is 1.63. The molecule has 0 aromatic heterocycles. The van der Waals surface area contributed by atoms with E-state index in [9.17, 15) is 0 Å². The lowest BCUT2D eigenvalue weighted by molar-refractivity contribution is 1.46. The maximum atomic E-state index is 8.87. The van der Waals surface area contributed by atoms with Gasteiger partial charge in [0.2, 0.25) is 0 Å². The lowest BCUT2D eigenvalue weighted by atomic mass is 10.0. The summed E-state index contributed by atoms with van der Waals surface area (Å²) in [5.74, 6) is 0. The Bertz CT molecular complexity index is 548. The Labute approximate surface area is 95.0 Å². The van der Waals surface area contributed by atoms with Crippen molar-refractivity contribution in [2.75, 3.05) is 5.73 Å². The molecule has 2 aromatic carbocycles. The van der Waals surface area contributed by atoms with Gasteiger partial charge >= 0.3 is 0 Å². The zero-order valence-electron chi connectivity index (χ0n) is 9.07. The molecule has 0 heterocycles. The molecule has 0 unspecified atom stereocenters. The van der Waals surface area contributed by atoms with Crippen LogP contribution in [0.4, 0.5) is 5.69 Å². The second kappa shape index (κ2) is 4.08. The van der Waals surface area contributed by atoms with E-state index < -0.39 is 0 Å². The zero-order chi connectivity index (χ0) is 11.5.